The number of ether oxygens (including phenoxy) is 4. The van der Waals surface area contributed by atoms with Crippen LogP contribution < -0.4 is 24.3 Å². The Balaban J connectivity index is 1.46. The Morgan fingerprint density at radius 1 is 1.07 bits per heavy atom. The third kappa shape index (κ3) is 3.52. The SMILES string of the molecule is COc1cc2c(cc1OC)C(CC(=O)Nc1ccc3c(c1)OCCO3)CC2. The van der Waals surface area contributed by atoms with Crippen molar-refractivity contribution in [2.24, 2.45) is 0 Å². The van der Waals surface area contributed by atoms with E-state index < -0.39 is 0 Å². The molecule has 1 aliphatic carbocycles. The van der Waals surface area contributed by atoms with Gasteiger partial charge in [0.1, 0.15) is 13.2 Å². The number of benzene rings is 2. The van der Waals surface area contributed by atoms with Crippen LogP contribution in [0.4, 0.5) is 5.69 Å². The Kier molecular flexibility index (Phi) is 4.79. The molecule has 4 rings (SSSR count). The number of carbonyl (C=O) groups excluding carboxylic acids is 1. The Hall–Kier alpha value is -2.89. The fourth-order valence-electron chi connectivity index (χ4n) is 3.79. The number of anilines is 1. The van der Waals surface area contributed by atoms with E-state index in [-0.39, 0.29) is 11.8 Å². The number of hydrogen-bond acceptors (Lipinski definition) is 5. The van der Waals surface area contributed by atoms with Gasteiger partial charge >= 0.3 is 0 Å². The van der Waals surface area contributed by atoms with Crippen LogP contribution in [0.15, 0.2) is 30.3 Å². The molecule has 1 atom stereocenters. The van der Waals surface area contributed by atoms with Crippen molar-refractivity contribution in [3.63, 3.8) is 0 Å². The molecule has 1 N–H and O–H groups in total. The molecule has 0 saturated carbocycles. The van der Waals surface area contributed by atoms with E-state index in [1.54, 1.807) is 14.2 Å². The molecule has 1 heterocycles. The average Bonchev–Trinajstić information content (AvgIpc) is 3.08. The van der Waals surface area contributed by atoms with Crippen LogP contribution in [-0.4, -0.2) is 33.3 Å². The zero-order chi connectivity index (χ0) is 18.8. The van der Waals surface area contributed by atoms with Gasteiger partial charge in [0, 0.05) is 18.2 Å². The topological polar surface area (TPSA) is 66.0 Å². The zero-order valence-corrected chi connectivity index (χ0v) is 15.5. The van der Waals surface area contributed by atoms with E-state index in [1.165, 1.54) is 11.1 Å². The van der Waals surface area contributed by atoms with E-state index in [0.29, 0.717) is 36.9 Å². The van der Waals surface area contributed by atoms with Crippen molar-refractivity contribution in [1.29, 1.82) is 0 Å². The first-order valence-corrected chi connectivity index (χ1v) is 9.12. The standard InChI is InChI=1S/C21H23NO5/c1-24-18-9-13-3-4-14(16(13)12-19(18)25-2)10-21(23)22-15-5-6-17-20(11-15)27-8-7-26-17/h5-6,9,11-12,14H,3-4,7-8,10H2,1-2H3,(H,22,23). The Morgan fingerprint density at radius 2 is 1.81 bits per heavy atom. The van der Waals surface area contributed by atoms with Crippen LogP contribution in [0, 0.1) is 0 Å². The van der Waals surface area contributed by atoms with Gasteiger partial charge in [0.15, 0.2) is 23.0 Å². The minimum atomic E-state index is -0.0145. The fourth-order valence-corrected chi connectivity index (χ4v) is 3.79. The van der Waals surface area contributed by atoms with Crippen molar-refractivity contribution in [3.8, 4) is 23.0 Å². The molecule has 6 heteroatoms. The second-order valence-corrected chi connectivity index (χ2v) is 6.75. The quantitative estimate of drug-likeness (QED) is 0.873. The van der Waals surface area contributed by atoms with Gasteiger partial charge in [-0.1, -0.05) is 0 Å². The van der Waals surface area contributed by atoms with Gasteiger partial charge in [-0.05, 0) is 54.2 Å². The normalized spacial score (nSPS) is 17.2. The Morgan fingerprint density at radius 3 is 2.59 bits per heavy atom. The number of amides is 1. The van der Waals surface area contributed by atoms with E-state index >= 15 is 0 Å². The van der Waals surface area contributed by atoms with Gasteiger partial charge < -0.3 is 24.3 Å². The molecule has 2 aromatic rings. The Bertz CT molecular complexity index is 864. The number of nitrogens with one attached hydrogen (secondary N) is 1. The number of methoxy groups -OCH3 is 2. The second kappa shape index (κ2) is 7.39. The molecular weight excluding hydrogens is 346 g/mol. The van der Waals surface area contributed by atoms with Gasteiger partial charge in [-0.15, -0.1) is 0 Å². The molecular formula is C21H23NO5. The van der Waals surface area contributed by atoms with Crippen LogP contribution in [0.3, 0.4) is 0 Å². The number of rotatable bonds is 5. The van der Waals surface area contributed by atoms with E-state index in [9.17, 15) is 4.79 Å². The van der Waals surface area contributed by atoms with Gasteiger partial charge in [-0.2, -0.15) is 0 Å². The molecule has 1 amide bonds. The third-order valence-electron chi connectivity index (χ3n) is 5.11. The monoisotopic (exact) mass is 369 g/mol. The van der Waals surface area contributed by atoms with Gasteiger partial charge in [0.05, 0.1) is 14.2 Å². The molecule has 0 fully saturated rings. The van der Waals surface area contributed by atoms with Crippen LogP contribution in [0.25, 0.3) is 0 Å². The van der Waals surface area contributed by atoms with Crippen molar-refractivity contribution < 1.29 is 23.7 Å². The summed E-state index contributed by atoms with van der Waals surface area (Å²) in [6.07, 6.45) is 2.31. The van der Waals surface area contributed by atoms with E-state index in [2.05, 4.69) is 5.32 Å². The van der Waals surface area contributed by atoms with Gasteiger partial charge in [0.25, 0.3) is 0 Å². The highest BCUT2D eigenvalue weighted by molar-refractivity contribution is 5.91. The summed E-state index contributed by atoms with van der Waals surface area (Å²) in [7, 11) is 3.26. The molecule has 0 spiro atoms. The molecule has 1 aliphatic heterocycles. The number of carbonyl (C=O) groups is 1. The molecule has 0 bridgehead atoms. The molecule has 0 radical (unpaired) electrons. The second-order valence-electron chi connectivity index (χ2n) is 6.75. The van der Waals surface area contributed by atoms with Crippen molar-refractivity contribution in [2.45, 2.75) is 25.2 Å². The highest BCUT2D eigenvalue weighted by Crippen LogP contribution is 2.42. The summed E-state index contributed by atoms with van der Waals surface area (Å²) in [4.78, 5) is 12.6. The number of fused-ring (bicyclic) bond motifs is 2. The van der Waals surface area contributed by atoms with E-state index in [1.807, 2.05) is 30.3 Å². The van der Waals surface area contributed by atoms with E-state index in [0.717, 1.165) is 24.3 Å². The molecule has 142 valence electrons. The molecule has 27 heavy (non-hydrogen) atoms. The maximum Gasteiger partial charge on any atom is 0.224 e. The summed E-state index contributed by atoms with van der Waals surface area (Å²) >= 11 is 0. The van der Waals surface area contributed by atoms with Crippen LogP contribution >= 0.6 is 0 Å². The van der Waals surface area contributed by atoms with E-state index in [4.69, 9.17) is 18.9 Å². The maximum absolute atomic E-state index is 12.6. The first-order chi connectivity index (χ1) is 13.2. The summed E-state index contributed by atoms with van der Waals surface area (Å²) in [6.45, 7) is 1.07. The maximum atomic E-state index is 12.6. The lowest BCUT2D eigenvalue weighted by Gasteiger charge is -2.19. The summed E-state index contributed by atoms with van der Waals surface area (Å²) in [5.74, 6) is 2.98. The Labute approximate surface area is 158 Å². The highest BCUT2D eigenvalue weighted by Gasteiger charge is 2.27. The number of aryl methyl sites for hydroxylation is 1. The van der Waals surface area contributed by atoms with Crippen LogP contribution in [0.1, 0.15) is 29.9 Å². The van der Waals surface area contributed by atoms with Gasteiger partial charge in [0.2, 0.25) is 5.91 Å². The first kappa shape index (κ1) is 17.5. The summed E-state index contributed by atoms with van der Waals surface area (Å²) < 4.78 is 21.9. The molecule has 2 aliphatic rings. The number of hydrogen-bond donors (Lipinski definition) is 1. The molecule has 1 unspecified atom stereocenters. The summed E-state index contributed by atoms with van der Waals surface area (Å²) in [5.41, 5.74) is 3.12. The van der Waals surface area contributed by atoms with Crippen molar-refractivity contribution in [1.82, 2.24) is 0 Å². The van der Waals surface area contributed by atoms with Gasteiger partial charge in [-0.25, -0.2) is 0 Å². The minimum absolute atomic E-state index is 0.0145. The zero-order valence-electron chi connectivity index (χ0n) is 15.5. The van der Waals surface area contributed by atoms with Crippen molar-refractivity contribution in [3.05, 3.63) is 41.5 Å². The molecule has 2 aromatic carbocycles. The predicted octanol–water partition coefficient (Wildman–Crippen LogP) is 3.53. The smallest absolute Gasteiger partial charge is 0.224 e. The highest BCUT2D eigenvalue weighted by atomic mass is 16.6. The van der Waals surface area contributed by atoms with Crippen LogP contribution in [-0.2, 0) is 11.2 Å². The van der Waals surface area contributed by atoms with Crippen LogP contribution in [0.2, 0.25) is 0 Å². The van der Waals surface area contributed by atoms with Gasteiger partial charge in [-0.3, -0.25) is 4.79 Å². The lowest BCUT2D eigenvalue weighted by atomic mass is 9.97. The first-order valence-electron chi connectivity index (χ1n) is 9.12. The molecule has 6 nitrogen and oxygen atoms in total. The lowest BCUT2D eigenvalue weighted by molar-refractivity contribution is -0.116. The largest absolute Gasteiger partial charge is 0.493 e. The molecule has 0 aromatic heterocycles. The molecule has 0 saturated heterocycles. The van der Waals surface area contributed by atoms with Crippen molar-refractivity contribution in [2.75, 3.05) is 32.8 Å². The summed E-state index contributed by atoms with van der Waals surface area (Å²) in [5, 5.41) is 2.97. The summed E-state index contributed by atoms with van der Waals surface area (Å²) in [6, 6.07) is 9.49. The van der Waals surface area contributed by atoms with Crippen molar-refractivity contribution >= 4 is 11.6 Å². The predicted molar refractivity (Wildman–Crippen MR) is 101 cm³/mol. The third-order valence-corrected chi connectivity index (χ3v) is 5.11. The lowest BCUT2D eigenvalue weighted by Crippen LogP contribution is -2.17. The minimum Gasteiger partial charge on any atom is -0.493 e. The fraction of sp³-hybridized carbons (Fsp3) is 0.381. The van der Waals surface area contributed by atoms with Crippen LogP contribution in [0.5, 0.6) is 23.0 Å². The average molecular weight is 369 g/mol.